The summed E-state index contributed by atoms with van der Waals surface area (Å²) >= 11 is 0. The average molecular weight is 489 g/mol. The highest BCUT2D eigenvalue weighted by Gasteiger charge is 2.30. The zero-order valence-electron chi connectivity index (χ0n) is 18.5. The van der Waals surface area contributed by atoms with E-state index in [1.165, 1.54) is 12.1 Å². The predicted molar refractivity (Wildman–Crippen MR) is 123 cm³/mol. The second kappa shape index (κ2) is 10.0. The molecule has 1 saturated heterocycles. The fraction of sp³-hybridized carbons (Fsp3) is 0.700. The van der Waals surface area contributed by atoms with Gasteiger partial charge in [0.1, 0.15) is 5.69 Å². The molecule has 1 aromatic carbocycles. The summed E-state index contributed by atoms with van der Waals surface area (Å²) in [6.07, 6.45) is 4.46. The highest BCUT2D eigenvalue weighted by Crippen LogP contribution is 2.33. The lowest BCUT2D eigenvalue weighted by Crippen LogP contribution is -2.45. The van der Waals surface area contributed by atoms with Crippen molar-refractivity contribution in [2.24, 2.45) is 5.92 Å². The highest BCUT2D eigenvalue weighted by molar-refractivity contribution is 7.89. The van der Waals surface area contributed by atoms with E-state index >= 15 is 0 Å². The van der Waals surface area contributed by atoms with Crippen LogP contribution >= 0.6 is 0 Å². The van der Waals surface area contributed by atoms with Gasteiger partial charge in [-0.3, -0.25) is 10.1 Å². The highest BCUT2D eigenvalue weighted by atomic mass is 32.2. The summed E-state index contributed by atoms with van der Waals surface area (Å²) in [6, 6.07) is 3.64. The predicted octanol–water partition coefficient (Wildman–Crippen LogP) is 2.36. The minimum atomic E-state index is -3.86. The minimum absolute atomic E-state index is 0.00252. The van der Waals surface area contributed by atoms with Crippen LogP contribution < -0.4 is 14.3 Å². The number of nitro groups is 1. The lowest BCUT2D eigenvalue weighted by Gasteiger charge is -2.33. The maximum Gasteiger partial charge on any atom is 0.293 e. The number of piperidine rings is 1. The summed E-state index contributed by atoms with van der Waals surface area (Å²) in [5, 5.41) is 11.7. The zero-order chi connectivity index (χ0) is 23.5. The number of nitrogens with zero attached hydrogens (tertiary/aromatic N) is 2. The van der Waals surface area contributed by atoms with Crippen LogP contribution in [0, 0.1) is 16.0 Å². The van der Waals surface area contributed by atoms with Gasteiger partial charge in [0.25, 0.3) is 5.69 Å². The molecule has 12 heteroatoms. The van der Waals surface area contributed by atoms with Crippen molar-refractivity contribution in [2.75, 3.05) is 23.7 Å². The molecule has 32 heavy (non-hydrogen) atoms. The van der Waals surface area contributed by atoms with Crippen LogP contribution in [0.15, 0.2) is 23.1 Å². The van der Waals surface area contributed by atoms with Crippen LogP contribution in [0.4, 0.5) is 11.4 Å². The smallest absolute Gasteiger partial charge is 0.293 e. The Morgan fingerprint density at radius 2 is 1.59 bits per heavy atom. The van der Waals surface area contributed by atoms with Gasteiger partial charge in [-0.25, -0.2) is 26.3 Å². The molecule has 1 aliphatic heterocycles. The Bertz CT molecular complexity index is 1030. The lowest BCUT2D eigenvalue weighted by molar-refractivity contribution is -0.384. The maximum atomic E-state index is 12.8. The third-order valence-electron chi connectivity index (χ3n) is 6.35. The molecule has 0 bridgehead atoms. The van der Waals surface area contributed by atoms with E-state index in [9.17, 15) is 26.9 Å². The van der Waals surface area contributed by atoms with Gasteiger partial charge in [0.05, 0.1) is 15.6 Å². The minimum Gasteiger partial charge on any atom is -0.366 e. The van der Waals surface area contributed by atoms with Gasteiger partial charge in [0, 0.05) is 31.2 Å². The number of sulfonamides is 2. The van der Waals surface area contributed by atoms with Crippen LogP contribution in [0.1, 0.15) is 52.4 Å². The number of nitro benzene ring substituents is 1. The fourth-order valence-electron chi connectivity index (χ4n) is 4.32. The van der Waals surface area contributed by atoms with Crippen LogP contribution in [0.3, 0.4) is 0 Å². The van der Waals surface area contributed by atoms with Gasteiger partial charge in [0.15, 0.2) is 0 Å². The van der Waals surface area contributed by atoms with Crippen molar-refractivity contribution in [3.8, 4) is 0 Å². The van der Waals surface area contributed by atoms with Gasteiger partial charge in [-0.05, 0) is 63.5 Å². The first kappa shape index (κ1) is 24.9. The number of anilines is 1. The Kier molecular flexibility index (Phi) is 7.79. The molecule has 0 amide bonds. The Morgan fingerprint density at radius 3 is 2.16 bits per heavy atom. The second-order valence-corrected chi connectivity index (χ2v) is 12.5. The standard InChI is InChI=1S/C20H32N4O6S2/c1-3-31(27,28)21-17-10-12-23(13-11-17)19-9-8-18(14-20(19)24(25)26)32(29,30)22-16-6-4-15(2)5-7-16/h8-9,14-17,21-22H,3-7,10-13H2,1-2H3. The van der Waals surface area contributed by atoms with Crippen LogP contribution in [0.25, 0.3) is 0 Å². The van der Waals surface area contributed by atoms with Crippen molar-refractivity contribution >= 4 is 31.4 Å². The van der Waals surface area contributed by atoms with E-state index < -0.39 is 25.0 Å². The van der Waals surface area contributed by atoms with E-state index in [4.69, 9.17) is 0 Å². The first-order valence-corrected chi connectivity index (χ1v) is 14.2. The zero-order valence-corrected chi connectivity index (χ0v) is 20.1. The first-order chi connectivity index (χ1) is 15.0. The van der Waals surface area contributed by atoms with Crippen LogP contribution in [-0.4, -0.2) is 52.7 Å². The third kappa shape index (κ3) is 6.18. The van der Waals surface area contributed by atoms with Crippen molar-refractivity contribution in [1.29, 1.82) is 0 Å². The van der Waals surface area contributed by atoms with Crippen LogP contribution in [-0.2, 0) is 20.0 Å². The summed E-state index contributed by atoms with van der Waals surface area (Å²) < 4.78 is 54.6. The summed E-state index contributed by atoms with van der Waals surface area (Å²) in [5.41, 5.74) is 0.0787. The molecule has 1 aromatic rings. The Labute approximate surface area is 190 Å². The van der Waals surface area contributed by atoms with Gasteiger partial charge < -0.3 is 4.90 Å². The monoisotopic (exact) mass is 488 g/mol. The van der Waals surface area contributed by atoms with E-state index in [1.807, 2.05) is 0 Å². The number of hydrogen-bond acceptors (Lipinski definition) is 7. The van der Waals surface area contributed by atoms with E-state index in [1.54, 1.807) is 11.8 Å². The molecule has 2 fully saturated rings. The molecule has 0 radical (unpaired) electrons. The van der Waals surface area contributed by atoms with E-state index in [0.717, 1.165) is 31.7 Å². The summed E-state index contributed by atoms with van der Waals surface area (Å²) in [5.74, 6) is 0.584. The summed E-state index contributed by atoms with van der Waals surface area (Å²) in [4.78, 5) is 12.9. The fourth-order valence-corrected chi connectivity index (χ4v) is 6.56. The average Bonchev–Trinajstić information content (AvgIpc) is 2.75. The molecule has 180 valence electrons. The van der Waals surface area contributed by atoms with Gasteiger partial charge in [0.2, 0.25) is 20.0 Å². The molecule has 2 aliphatic rings. The second-order valence-electron chi connectivity index (χ2n) is 8.77. The van der Waals surface area contributed by atoms with Gasteiger partial charge in [-0.1, -0.05) is 6.92 Å². The molecule has 1 aliphatic carbocycles. The SMILES string of the molecule is CCS(=O)(=O)NC1CCN(c2ccc(S(=O)(=O)NC3CCC(C)CC3)cc2[N+](=O)[O-])CC1. The van der Waals surface area contributed by atoms with Crippen molar-refractivity contribution in [3.05, 3.63) is 28.3 Å². The van der Waals surface area contributed by atoms with Crippen molar-refractivity contribution in [2.45, 2.75) is 69.4 Å². The number of rotatable bonds is 8. The molecule has 3 rings (SSSR count). The number of benzene rings is 1. The lowest BCUT2D eigenvalue weighted by atomic mass is 9.88. The van der Waals surface area contributed by atoms with Gasteiger partial charge in [-0.2, -0.15) is 0 Å². The summed E-state index contributed by atoms with van der Waals surface area (Å²) in [7, 11) is -7.17. The Balaban J connectivity index is 1.73. The van der Waals surface area contributed by atoms with Crippen molar-refractivity contribution in [1.82, 2.24) is 9.44 Å². The normalized spacial score (nSPS) is 23.2. The van der Waals surface area contributed by atoms with Crippen molar-refractivity contribution < 1.29 is 21.8 Å². The van der Waals surface area contributed by atoms with E-state index in [-0.39, 0.29) is 28.4 Å². The number of hydrogen-bond donors (Lipinski definition) is 2. The molecular weight excluding hydrogens is 456 g/mol. The summed E-state index contributed by atoms with van der Waals surface area (Å²) in [6.45, 7) is 4.58. The quantitative estimate of drug-likeness (QED) is 0.423. The van der Waals surface area contributed by atoms with Gasteiger partial charge >= 0.3 is 0 Å². The molecule has 1 heterocycles. The molecular formula is C20H32N4O6S2. The van der Waals surface area contributed by atoms with E-state index in [2.05, 4.69) is 16.4 Å². The molecule has 0 spiro atoms. The molecule has 1 saturated carbocycles. The molecule has 0 unspecified atom stereocenters. The Hall–Kier alpha value is -1.76. The van der Waals surface area contributed by atoms with Crippen LogP contribution in [0.2, 0.25) is 0 Å². The molecule has 10 nitrogen and oxygen atoms in total. The first-order valence-electron chi connectivity index (χ1n) is 11.1. The molecule has 0 aromatic heterocycles. The third-order valence-corrected chi connectivity index (χ3v) is 9.32. The molecule has 0 atom stereocenters. The topological polar surface area (TPSA) is 139 Å². The maximum absolute atomic E-state index is 12.8. The molecule has 2 N–H and O–H groups in total. The largest absolute Gasteiger partial charge is 0.366 e. The number of nitrogens with one attached hydrogen (secondary N) is 2. The Morgan fingerprint density at radius 1 is 1.00 bits per heavy atom. The van der Waals surface area contributed by atoms with Crippen LogP contribution in [0.5, 0.6) is 0 Å². The van der Waals surface area contributed by atoms with Crippen molar-refractivity contribution in [3.63, 3.8) is 0 Å². The van der Waals surface area contributed by atoms with E-state index in [0.29, 0.717) is 37.5 Å². The van der Waals surface area contributed by atoms with Gasteiger partial charge in [-0.15, -0.1) is 0 Å².